The van der Waals surface area contributed by atoms with Gasteiger partial charge in [0.2, 0.25) is 11.0 Å². The molecule has 1 heterocycles. The first kappa shape index (κ1) is 13.1. The van der Waals surface area contributed by atoms with Crippen molar-refractivity contribution in [2.24, 2.45) is 17.8 Å². The van der Waals surface area contributed by atoms with E-state index in [1.165, 1.54) is 30.6 Å². The number of rotatable bonds is 5. The van der Waals surface area contributed by atoms with Gasteiger partial charge in [0.15, 0.2) is 4.34 Å². The predicted octanol–water partition coefficient (Wildman–Crippen LogP) is 3.19. The Balaban J connectivity index is 1.57. The molecule has 2 saturated carbocycles. The van der Waals surface area contributed by atoms with E-state index in [-0.39, 0.29) is 11.8 Å². The van der Waals surface area contributed by atoms with Gasteiger partial charge in [-0.15, -0.1) is 16.8 Å². The summed E-state index contributed by atoms with van der Waals surface area (Å²) in [4.78, 5) is 12.2. The van der Waals surface area contributed by atoms with Crippen molar-refractivity contribution in [1.29, 1.82) is 0 Å². The maximum Gasteiger partial charge on any atom is 0.229 e. The fourth-order valence-electron chi connectivity index (χ4n) is 3.21. The van der Waals surface area contributed by atoms with Crippen LogP contribution in [0.15, 0.2) is 17.0 Å². The van der Waals surface area contributed by atoms with Crippen molar-refractivity contribution in [3.63, 3.8) is 0 Å². The van der Waals surface area contributed by atoms with Crippen molar-refractivity contribution in [1.82, 2.24) is 10.2 Å². The summed E-state index contributed by atoms with van der Waals surface area (Å²) < 4.78 is 0.878. The molecule has 4 nitrogen and oxygen atoms in total. The zero-order valence-electron chi connectivity index (χ0n) is 10.7. The van der Waals surface area contributed by atoms with Crippen LogP contribution in [0.3, 0.4) is 0 Å². The standard InChI is InChI=1S/C13H17N3OS2/c1-2-5-18-13-16-15-12(19-13)14-11(17)10-7-8-3-4-9(10)6-8/h2,8-10H,1,3-7H2,(H,14,15,17). The molecule has 3 atom stereocenters. The first-order chi connectivity index (χ1) is 9.26. The van der Waals surface area contributed by atoms with Gasteiger partial charge in [-0.05, 0) is 31.1 Å². The second kappa shape index (κ2) is 5.63. The zero-order valence-corrected chi connectivity index (χ0v) is 12.3. The van der Waals surface area contributed by atoms with E-state index in [0.29, 0.717) is 11.0 Å². The number of anilines is 1. The monoisotopic (exact) mass is 295 g/mol. The first-order valence-corrected chi connectivity index (χ1v) is 8.44. The highest BCUT2D eigenvalue weighted by Gasteiger charge is 2.43. The van der Waals surface area contributed by atoms with Crippen molar-refractivity contribution in [2.45, 2.75) is 30.0 Å². The molecule has 1 aromatic rings. The second-order valence-electron chi connectivity index (χ2n) is 5.24. The van der Waals surface area contributed by atoms with Crippen LogP contribution in [0.5, 0.6) is 0 Å². The van der Waals surface area contributed by atoms with E-state index in [4.69, 9.17) is 0 Å². The van der Waals surface area contributed by atoms with E-state index in [1.807, 2.05) is 6.08 Å². The van der Waals surface area contributed by atoms with Crippen LogP contribution in [-0.4, -0.2) is 21.9 Å². The summed E-state index contributed by atoms with van der Waals surface area (Å²) in [5.41, 5.74) is 0. The molecule has 1 aromatic heterocycles. The third-order valence-corrected chi connectivity index (χ3v) is 6.00. The van der Waals surface area contributed by atoms with Crippen LogP contribution in [0.25, 0.3) is 0 Å². The van der Waals surface area contributed by atoms with Crippen molar-refractivity contribution in [3.05, 3.63) is 12.7 Å². The Morgan fingerprint density at radius 2 is 2.37 bits per heavy atom. The number of hydrogen-bond donors (Lipinski definition) is 1. The number of hydrogen-bond acceptors (Lipinski definition) is 5. The number of aromatic nitrogens is 2. The Morgan fingerprint density at radius 1 is 1.47 bits per heavy atom. The third-order valence-electron chi connectivity index (χ3n) is 4.04. The molecule has 1 N–H and O–H groups in total. The SMILES string of the molecule is C=CCSc1nnc(NC(=O)C2CC3CCC2C3)s1. The average molecular weight is 295 g/mol. The molecule has 0 spiro atoms. The Bertz CT molecular complexity index is 488. The topological polar surface area (TPSA) is 54.9 Å². The Kier molecular flexibility index (Phi) is 3.88. The molecule has 3 unspecified atom stereocenters. The van der Waals surface area contributed by atoms with Gasteiger partial charge in [0.05, 0.1) is 0 Å². The van der Waals surface area contributed by atoms with Crippen LogP contribution in [0, 0.1) is 17.8 Å². The van der Waals surface area contributed by atoms with E-state index >= 15 is 0 Å². The molecule has 2 aliphatic carbocycles. The lowest BCUT2D eigenvalue weighted by Gasteiger charge is -2.19. The summed E-state index contributed by atoms with van der Waals surface area (Å²) in [6.07, 6.45) is 6.68. The van der Waals surface area contributed by atoms with Crippen LogP contribution >= 0.6 is 23.1 Å². The number of nitrogens with zero attached hydrogens (tertiary/aromatic N) is 2. The predicted molar refractivity (Wildman–Crippen MR) is 78.4 cm³/mol. The van der Waals surface area contributed by atoms with Crippen LogP contribution in [0.1, 0.15) is 25.7 Å². The fourth-order valence-corrected chi connectivity index (χ4v) is 4.73. The maximum atomic E-state index is 12.2. The molecule has 0 saturated heterocycles. The lowest BCUT2D eigenvalue weighted by atomic mass is 9.88. The van der Waals surface area contributed by atoms with Gasteiger partial charge in [0.1, 0.15) is 0 Å². The van der Waals surface area contributed by atoms with Crippen LogP contribution in [-0.2, 0) is 4.79 Å². The number of nitrogens with one attached hydrogen (secondary N) is 1. The van der Waals surface area contributed by atoms with E-state index in [9.17, 15) is 4.79 Å². The van der Waals surface area contributed by atoms with Crippen molar-refractivity contribution in [2.75, 3.05) is 11.1 Å². The molecule has 19 heavy (non-hydrogen) atoms. The molecule has 3 rings (SSSR count). The van der Waals surface area contributed by atoms with Gasteiger partial charge in [0.25, 0.3) is 0 Å². The van der Waals surface area contributed by atoms with Gasteiger partial charge in [-0.3, -0.25) is 4.79 Å². The van der Waals surface area contributed by atoms with Crippen molar-refractivity contribution < 1.29 is 4.79 Å². The molecule has 2 fully saturated rings. The van der Waals surface area contributed by atoms with E-state index in [0.717, 1.165) is 22.4 Å². The Morgan fingerprint density at radius 3 is 3.05 bits per heavy atom. The summed E-state index contributed by atoms with van der Waals surface area (Å²) in [7, 11) is 0. The second-order valence-corrected chi connectivity index (χ2v) is 7.49. The first-order valence-electron chi connectivity index (χ1n) is 6.64. The molecule has 1 amide bonds. The minimum atomic E-state index is 0.142. The molecular weight excluding hydrogens is 278 g/mol. The number of carbonyl (C=O) groups is 1. The molecule has 2 aliphatic rings. The summed E-state index contributed by atoms with van der Waals surface area (Å²) in [5, 5.41) is 11.6. The van der Waals surface area contributed by atoms with E-state index in [1.54, 1.807) is 11.8 Å². The van der Waals surface area contributed by atoms with E-state index < -0.39 is 0 Å². The van der Waals surface area contributed by atoms with Crippen molar-refractivity contribution >= 4 is 34.1 Å². The number of carbonyl (C=O) groups excluding carboxylic acids is 1. The van der Waals surface area contributed by atoms with Gasteiger partial charge in [-0.1, -0.05) is 35.6 Å². The molecule has 0 aliphatic heterocycles. The summed E-state index contributed by atoms with van der Waals surface area (Å²) in [5.74, 6) is 2.55. The van der Waals surface area contributed by atoms with Gasteiger partial charge >= 0.3 is 0 Å². The summed E-state index contributed by atoms with van der Waals surface area (Å²) in [6.45, 7) is 3.67. The van der Waals surface area contributed by atoms with Crippen LogP contribution in [0.2, 0.25) is 0 Å². The third kappa shape index (κ3) is 2.84. The van der Waals surface area contributed by atoms with Crippen LogP contribution < -0.4 is 5.32 Å². The molecule has 2 bridgehead atoms. The Hall–Kier alpha value is -0.880. The van der Waals surface area contributed by atoms with Gasteiger partial charge < -0.3 is 5.32 Å². The lowest BCUT2D eigenvalue weighted by molar-refractivity contribution is -0.121. The summed E-state index contributed by atoms with van der Waals surface area (Å²) >= 11 is 3.03. The average Bonchev–Trinajstić information content (AvgIpc) is 3.12. The largest absolute Gasteiger partial charge is 0.300 e. The van der Waals surface area contributed by atoms with Gasteiger partial charge in [-0.2, -0.15) is 0 Å². The smallest absolute Gasteiger partial charge is 0.229 e. The minimum absolute atomic E-state index is 0.142. The molecular formula is C13H17N3OS2. The van der Waals surface area contributed by atoms with Gasteiger partial charge in [-0.25, -0.2) is 0 Å². The highest BCUT2D eigenvalue weighted by Crippen LogP contribution is 2.48. The number of amides is 1. The number of fused-ring (bicyclic) bond motifs is 2. The molecule has 0 radical (unpaired) electrons. The van der Waals surface area contributed by atoms with E-state index in [2.05, 4.69) is 22.1 Å². The minimum Gasteiger partial charge on any atom is -0.300 e. The highest BCUT2D eigenvalue weighted by atomic mass is 32.2. The Labute approximate surface area is 121 Å². The maximum absolute atomic E-state index is 12.2. The fraction of sp³-hybridized carbons (Fsp3) is 0.615. The van der Waals surface area contributed by atoms with Crippen LogP contribution in [0.4, 0.5) is 5.13 Å². The highest BCUT2D eigenvalue weighted by molar-refractivity contribution is 8.01. The van der Waals surface area contributed by atoms with Crippen molar-refractivity contribution in [3.8, 4) is 0 Å². The lowest BCUT2D eigenvalue weighted by Crippen LogP contribution is -2.27. The molecule has 0 aromatic carbocycles. The van der Waals surface area contributed by atoms with Gasteiger partial charge in [0, 0.05) is 11.7 Å². The summed E-state index contributed by atoms with van der Waals surface area (Å²) in [6, 6.07) is 0. The normalized spacial score (nSPS) is 28.5. The quantitative estimate of drug-likeness (QED) is 0.515. The molecule has 102 valence electrons. The number of thioether (sulfide) groups is 1. The zero-order chi connectivity index (χ0) is 13.2. The molecule has 6 heteroatoms.